The van der Waals surface area contributed by atoms with Gasteiger partial charge in [0.25, 0.3) is 0 Å². The molecular formula is C15H22O4. The number of aliphatic hydroxyl groups is 1. The second-order valence-electron chi connectivity index (χ2n) is 6.45. The molecular weight excluding hydrogens is 244 g/mol. The third-order valence-corrected chi connectivity index (χ3v) is 5.19. The molecule has 3 heterocycles. The highest BCUT2D eigenvalue weighted by Gasteiger charge is 2.54. The van der Waals surface area contributed by atoms with Gasteiger partial charge < -0.3 is 14.6 Å². The fraction of sp³-hybridized carbons (Fsp3) is 0.800. The molecule has 3 rings (SSSR count). The summed E-state index contributed by atoms with van der Waals surface area (Å²) in [7, 11) is 0. The van der Waals surface area contributed by atoms with E-state index in [1.165, 1.54) is 0 Å². The number of carbonyl (C=O) groups excluding carboxylic acids is 1. The Balaban J connectivity index is 1.94. The Hall–Kier alpha value is -0.870. The largest absolute Gasteiger partial charge is 0.459 e. The van der Waals surface area contributed by atoms with Crippen molar-refractivity contribution < 1.29 is 19.4 Å². The maximum Gasteiger partial charge on any atom is 0.309 e. The van der Waals surface area contributed by atoms with E-state index in [4.69, 9.17) is 9.47 Å². The smallest absolute Gasteiger partial charge is 0.309 e. The van der Waals surface area contributed by atoms with Gasteiger partial charge in [0.2, 0.25) is 0 Å². The van der Waals surface area contributed by atoms with Crippen LogP contribution in [0.1, 0.15) is 39.5 Å². The molecule has 3 fully saturated rings. The lowest BCUT2D eigenvalue weighted by Gasteiger charge is -2.34. The first kappa shape index (κ1) is 13.1. The van der Waals surface area contributed by atoms with Crippen LogP contribution in [0.2, 0.25) is 0 Å². The molecule has 19 heavy (non-hydrogen) atoms. The zero-order valence-corrected chi connectivity index (χ0v) is 11.6. The Bertz CT molecular complexity index is 418. The predicted octanol–water partition coefficient (Wildman–Crippen LogP) is 1.81. The van der Waals surface area contributed by atoms with Crippen molar-refractivity contribution in [1.29, 1.82) is 0 Å². The summed E-state index contributed by atoms with van der Waals surface area (Å²) >= 11 is 0. The van der Waals surface area contributed by atoms with E-state index in [0.29, 0.717) is 0 Å². The molecule has 0 aromatic heterocycles. The predicted molar refractivity (Wildman–Crippen MR) is 69.4 cm³/mol. The highest BCUT2D eigenvalue weighted by molar-refractivity contribution is 5.75. The summed E-state index contributed by atoms with van der Waals surface area (Å²) in [5, 5.41) is 10.6. The van der Waals surface area contributed by atoms with Gasteiger partial charge in [0.15, 0.2) is 0 Å². The second-order valence-corrected chi connectivity index (χ2v) is 6.45. The van der Waals surface area contributed by atoms with Crippen LogP contribution in [0.15, 0.2) is 12.2 Å². The average Bonchev–Trinajstić information content (AvgIpc) is 2.90. The van der Waals surface area contributed by atoms with Gasteiger partial charge in [-0.3, -0.25) is 4.79 Å². The molecule has 0 unspecified atom stereocenters. The first-order valence-corrected chi connectivity index (χ1v) is 7.16. The number of hydrogen-bond acceptors (Lipinski definition) is 4. The lowest BCUT2D eigenvalue weighted by Crippen LogP contribution is -2.49. The molecule has 0 spiro atoms. The van der Waals surface area contributed by atoms with Gasteiger partial charge in [0.05, 0.1) is 17.6 Å². The lowest BCUT2D eigenvalue weighted by molar-refractivity contribution is -0.164. The van der Waals surface area contributed by atoms with E-state index in [2.05, 4.69) is 6.58 Å². The highest BCUT2D eigenvalue weighted by atomic mass is 16.6. The van der Waals surface area contributed by atoms with Crippen LogP contribution in [0.3, 0.4) is 0 Å². The fourth-order valence-electron chi connectivity index (χ4n) is 3.73. The summed E-state index contributed by atoms with van der Waals surface area (Å²) in [4.78, 5) is 11.8. The molecule has 4 heteroatoms. The summed E-state index contributed by atoms with van der Waals surface area (Å²) in [6, 6.07) is 0. The number of esters is 1. The van der Waals surface area contributed by atoms with Gasteiger partial charge in [-0.1, -0.05) is 13.5 Å². The van der Waals surface area contributed by atoms with Crippen molar-refractivity contribution in [3.63, 3.8) is 0 Å². The van der Waals surface area contributed by atoms with Gasteiger partial charge in [-0.2, -0.15) is 0 Å². The number of carbonyl (C=O) groups is 1. The van der Waals surface area contributed by atoms with Crippen molar-refractivity contribution in [2.24, 2.45) is 11.8 Å². The Morgan fingerprint density at radius 2 is 2.16 bits per heavy atom. The van der Waals surface area contributed by atoms with Gasteiger partial charge >= 0.3 is 5.97 Å². The van der Waals surface area contributed by atoms with Crippen molar-refractivity contribution >= 4 is 5.97 Å². The zero-order valence-electron chi connectivity index (χ0n) is 11.6. The Morgan fingerprint density at radius 3 is 2.89 bits per heavy atom. The molecule has 106 valence electrons. The summed E-state index contributed by atoms with van der Waals surface area (Å²) in [5.74, 6) is -0.273. The van der Waals surface area contributed by atoms with Gasteiger partial charge in [-0.05, 0) is 38.2 Å². The maximum atomic E-state index is 11.8. The highest BCUT2D eigenvalue weighted by Crippen LogP contribution is 2.45. The molecule has 0 radical (unpaired) electrons. The van der Waals surface area contributed by atoms with Crippen molar-refractivity contribution in [1.82, 2.24) is 0 Å². The van der Waals surface area contributed by atoms with Crippen molar-refractivity contribution in [2.75, 3.05) is 0 Å². The molecule has 0 aliphatic carbocycles. The summed E-state index contributed by atoms with van der Waals surface area (Å²) < 4.78 is 11.5. The van der Waals surface area contributed by atoms with Crippen LogP contribution in [-0.2, 0) is 14.3 Å². The molecule has 1 N–H and O–H groups in total. The van der Waals surface area contributed by atoms with E-state index in [-0.39, 0.29) is 23.9 Å². The van der Waals surface area contributed by atoms with Crippen LogP contribution in [0, 0.1) is 11.8 Å². The number of fused-ring (bicyclic) bond motifs is 3. The van der Waals surface area contributed by atoms with Crippen LogP contribution in [0.5, 0.6) is 0 Å². The van der Waals surface area contributed by atoms with Crippen LogP contribution in [0.25, 0.3) is 0 Å². The maximum absolute atomic E-state index is 11.8. The minimum Gasteiger partial charge on any atom is -0.459 e. The van der Waals surface area contributed by atoms with Gasteiger partial charge in [-0.25, -0.2) is 0 Å². The molecule has 2 bridgehead atoms. The third-order valence-electron chi connectivity index (χ3n) is 5.19. The third kappa shape index (κ3) is 1.93. The van der Waals surface area contributed by atoms with Crippen LogP contribution in [-0.4, -0.2) is 35.0 Å². The van der Waals surface area contributed by atoms with E-state index >= 15 is 0 Å². The van der Waals surface area contributed by atoms with E-state index in [9.17, 15) is 9.90 Å². The quantitative estimate of drug-likeness (QED) is 0.536. The molecule has 4 nitrogen and oxygen atoms in total. The normalized spacial score (nSPS) is 50.2. The number of aliphatic hydroxyl groups excluding tert-OH is 1. The number of rotatable bonds is 0. The van der Waals surface area contributed by atoms with Crippen molar-refractivity contribution in [3.8, 4) is 0 Å². The van der Waals surface area contributed by atoms with Gasteiger partial charge in [-0.15, -0.1) is 0 Å². The minimum absolute atomic E-state index is 0.0458. The Kier molecular flexibility index (Phi) is 2.98. The molecule has 0 aromatic rings. The minimum atomic E-state index is -0.748. The topological polar surface area (TPSA) is 55.8 Å². The monoisotopic (exact) mass is 266 g/mol. The fourth-order valence-corrected chi connectivity index (χ4v) is 3.73. The second kappa shape index (κ2) is 4.32. The summed E-state index contributed by atoms with van der Waals surface area (Å²) in [6.45, 7) is 7.93. The molecule has 6 atom stereocenters. The van der Waals surface area contributed by atoms with Crippen LogP contribution >= 0.6 is 0 Å². The van der Waals surface area contributed by atoms with Gasteiger partial charge in [0.1, 0.15) is 12.2 Å². The standard InChI is InChI=1S/C15H22O4/c1-8-4-5-10-9(2)14(17)18-12(10)13(16)15(3)7-6-11(8)19-15/h9-13,16H,1,4-7H2,2-3H3/t9-,10-,11-,12-,13+,15-/m0/s1. The van der Waals surface area contributed by atoms with Crippen molar-refractivity contribution in [3.05, 3.63) is 12.2 Å². The SMILES string of the molecule is C=C1CC[C@@H]2[C@H](OC(=O)[C@H]2C)[C@@H](O)[C@]2(C)CC[C@@H]1O2. The first-order valence-electron chi connectivity index (χ1n) is 7.16. The van der Waals surface area contributed by atoms with Crippen LogP contribution < -0.4 is 0 Å². The van der Waals surface area contributed by atoms with Crippen molar-refractivity contribution in [2.45, 2.75) is 63.4 Å². The first-order chi connectivity index (χ1) is 8.92. The zero-order chi connectivity index (χ0) is 13.8. The van der Waals surface area contributed by atoms with Gasteiger partial charge in [0, 0.05) is 5.92 Å². The Labute approximate surface area is 113 Å². The van der Waals surface area contributed by atoms with Crippen LogP contribution in [0.4, 0.5) is 0 Å². The molecule has 3 aliphatic heterocycles. The van der Waals surface area contributed by atoms with E-state index < -0.39 is 17.8 Å². The molecule has 0 saturated carbocycles. The number of hydrogen-bond donors (Lipinski definition) is 1. The summed E-state index contributed by atoms with van der Waals surface area (Å²) in [5.41, 5.74) is 0.466. The Morgan fingerprint density at radius 1 is 1.42 bits per heavy atom. The average molecular weight is 266 g/mol. The molecule has 3 saturated heterocycles. The summed E-state index contributed by atoms with van der Waals surface area (Å²) in [6.07, 6.45) is 2.23. The lowest BCUT2D eigenvalue weighted by atomic mass is 9.79. The van der Waals surface area contributed by atoms with E-state index in [0.717, 1.165) is 31.3 Å². The molecule has 0 amide bonds. The van der Waals surface area contributed by atoms with E-state index in [1.807, 2.05) is 13.8 Å². The molecule has 3 aliphatic rings. The number of ether oxygens (including phenoxy) is 2. The van der Waals surface area contributed by atoms with E-state index in [1.54, 1.807) is 0 Å². The molecule has 0 aromatic carbocycles.